The van der Waals surface area contributed by atoms with Gasteiger partial charge in [-0.2, -0.15) is 4.98 Å². The second kappa shape index (κ2) is 5.01. The van der Waals surface area contributed by atoms with E-state index in [0.29, 0.717) is 17.3 Å². The predicted octanol–water partition coefficient (Wildman–Crippen LogP) is 1.58. The summed E-state index contributed by atoms with van der Waals surface area (Å²) in [6.07, 6.45) is 7.46. The van der Waals surface area contributed by atoms with Crippen LogP contribution in [0.3, 0.4) is 0 Å². The minimum absolute atomic E-state index is 0.112. The molecule has 2 rings (SSSR count). The van der Waals surface area contributed by atoms with Crippen molar-refractivity contribution in [2.24, 2.45) is 5.84 Å². The highest BCUT2D eigenvalue weighted by Crippen LogP contribution is 2.20. The highest BCUT2D eigenvalue weighted by atomic mass is 16.5. The van der Waals surface area contributed by atoms with E-state index in [0.717, 1.165) is 12.8 Å². The molecule has 0 amide bonds. The summed E-state index contributed by atoms with van der Waals surface area (Å²) in [5.41, 5.74) is 3.22. The normalized spacial score (nSPS) is 12.6. The zero-order valence-corrected chi connectivity index (χ0v) is 10.1. The lowest BCUT2D eigenvalue weighted by atomic mass is 10.2. The SMILES string of the molecule is CCCC(C)Oc1nc(NN)cn2ccnc12. The zero-order valence-electron chi connectivity index (χ0n) is 10.1. The van der Waals surface area contributed by atoms with E-state index >= 15 is 0 Å². The number of nitrogens with one attached hydrogen (secondary N) is 1. The summed E-state index contributed by atoms with van der Waals surface area (Å²) < 4.78 is 7.61. The molecule has 0 aliphatic rings. The van der Waals surface area contributed by atoms with Gasteiger partial charge in [0.2, 0.25) is 5.65 Å². The van der Waals surface area contributed by atoms with Gasteiger partial charge in [-0.1, -0.05) is 13.3 Å². The van der Waals surface area contributed by atoms with Crippen molar-refractivity contribution in [2.75, 3.05) is 5.43 Å². The maximum atomic E-state index is 5.78. The summed E-state index contributed by atoms with van der Waals surface area (Å²) in [6, 6.07) is 0. The zero-order chi connectivity index (χ0) is 12.3. The van der Waals surface area contributed by atoms with E-state index in [9.17, 15) is 0 Å². The standard InChI is InChI=1S/C11H17N5O/c1-3-4-8(2)17-11-10-13-5-6-16(10)7-9(14-11)15-12/h5-8,15H,3-4,12H2,1-2H3. The first-order chi connectivity index (χ1) is 8.24. The third kappa shape index (κ3) is 2.47. The van der Waals surface area contributed by atoms with Gasteiger partial charge < -0.3 is 10.2 Å². The molecule has 1 unspecified atom stereocenters. The number of anilines is 1. The van der Waals surface area contributed by atoms with Crippen molar-refractivity contribution in [3.8, 4) is 5.88 Å². The lowest BCUT2D eigenvalue weighted by molar-refractivity contribution is 0.203. The maximum Gasteiger partial charge on any atom is 0.260 e. The fourth-order valence-electron chi connectivity index (χ4n) is 1.71. The number of imidazole rings is 1. The van der Waals surface area contributed by atoms with Crippen LogP contribution in [0.2, 0.25) is 0 Å². The number of hydrogen-bond donors (Lipinski definition) is 2. The topological polar surface area (TPSA) is 77.5 Å². The molecule has 6 nitrogen and oxygen atoms in total. The fraction of sp³-hybridized carbons (Fsp3) is 0.455. The fourth-order valence-corrected chi connectivity index (χ4v) is 1.71. The van der Waals surface area contributed by atoms with Crippen LogP contribution in [0.25, 0.3) is 5.65 Å². The quantitative estimate of drug-likeness (QED) is 0.607. The Labute approximate surface area is 99.8 Å². The van der Waals surface area contributed by atoms with Crippen LogP contribution in [0, 0.1) is 0 Å². The Balaban J connectivity index is 2.33. The van der Waals surface area contributed by atoms with Crippen molar-refractivity contribution in [1.82, 2.24) is 14.4 Å². The van der Waals surface area contributed by atoms with Crippen LogP contribution in [0.4, 0.5) is 5.82 Å². The molecule has 0 aliphatic heterocycles. The van der Waals surface area contributed by atoms with Crippen molar-refractivity contribution in [2.45, 2.75) is 32.8 Å². The number of hydrogen-bond acceptors (Lipinski definition) is 5. The molecule has 0 bridgehead atoms. The van der Waals surface area contributed by atoms with Crippen LogP contribution in [-0.2, 0) is 0 Å². The van der Waals surface area contributed by atoms with Gasteiger partial charge in [0, 0.05) is 12.4 Å². The Hall–Kier alpha value is -1.82. The van der Waals surface area contributed by atoms with Gasteiger partial charge in [-0.15, -0.1) is 0 Å². The van der Waals surface area contributed by atoms with E-state index in [1.54, 1.807) is 12.4 Å². The van der Waals surface area contributed by atoms with Crippen molar-refractivity contribution in [3.05, 3.63) is 18.6 Å². The molecule has 6 heteroatoms. The number of nitrogens with zero attached hydrogens (tertiary/aromatic N) is 3. The molecule has 17 heavy (non-hydrogen) atoms. The Bertz CT molecular complexity index is 496. The van der Waals surface area contributed by atoms with Crippen LogP contribution >= 0.6 is 0 Å². The van der Waals surface area contributed by atoms with Crippen LogP contribution < -0.4 is 16.0 Å². The summed E-state index contributed by atoms with van der Waals surface area (Å²) in [5, 5.41) is 0. The average molecular weight is 235 g/mol. The second-order valence-electron chi connectivity index (χ2n) is 3.95. The summed E-state index contributed by atoms with van der Waals surface area (Å²) in [4.78, 5) is 8.49. The number of ether oxygens (including phenoxy) is 1. The van der Waals surface area contributed by atoms with Crippen LogP contribution in [0.5, 0.6) is 5.88 Å². The third-order valence-electron chi connectivity index (χ3n) is 2.50. The van der Waals surface area contributed by atoms with E-state index in [1.165, 1.54) is 0 Å². The molecule has 1 atom stereocenters. The van der Waals surface area contributed by atoms with Gasteiger partial charge in [0.1, 0.15) is 0 Å². The van der Waals surface area contributed by atoms with Crippen LogP contribution in [0.1, 0.15) is 26.7 Å². The average Bonchev–Trinajstić information content (AvgIpc) is 2.77. The highest BCUT2D eigenvalue weighted by molar-refractivity contribution is 5.53. The van der Waals surface area contributed by atoms with E-state index < -0.39 is 0 Å². The minimum Gasteiger partial charge on any atom is -0.472 e. The van der Waals surface area contributed by atoms with Crippen molar-refractivity contribution >= 4 is 11.5 Å². The first kappa shape index (κ1) is 11.7. The third-order valence-corrected chi connectivity index (χ3v) is 2.50. The molecule has 0 aromatic carbocycles. The number of nitrogens with two attached hydrogens (primary N) is 1. The molecular weight excluding hydrogens is 218 g/mol. The Morgan fingerprint density at radius 3 is 3.12 bits per heavy atom. The van der Waals surface area contributed by atoms with Gasteiger partial charge in [0.15, 0.2) is 5.82 Å². The summed E-state index contributed by atoms with van der Waals surface area (Å²) >= 11 is 0. The monoisotopic (exact) mass is 235 g/mol. The molecule has 2 aromatic heterocycles. The Morgan fingerprint density at radius 2 is 2.41 bits per heavy atom. The largest absolute Gasteiger partial charge is 0.472 e. The molecule has 92 valence electrons. The Morgan fingerprint density at radius 1 is 1.59 bits per heavy atom. The molecule has 0 fully saturated rings. The number of hydrazine groups is 1. The molecule has 3 N–H and O–H groups in total. The van der Waals surface area contributed by atoms with Crippen molar-refractivity contribution < 1.29 is 4.74 Å². The number of nitrogen functional groups attached to an aromatic ring is 1. The summed E-state index contributed by atoms with van der Waals surface area (Å²) in [6.45, 7) is 4.14. The molecule has 0 saturated carbocycles. The minimum atomic E-state index is 0.112. The van der Waals surface area contributed by atoms with E-state index in [1.807, 2.05) is 17.5 Å². The molecule has 0 saturated heterocycles. The number of aromatic nitrogens is 3. The second-order valence-corrected chi connectivity index (χ2v) is 3.95. The van der Waals surface area contributed by atoms with Gasteiger partial charge in [-0.25, -0.2) is 10.8 Å². The first-order valence-corrected chi connectivity index (χ1v) is 5.71. The van der Waals surface area contributed by atoms with Gasteiger partial charge in [0.05, 0.1) is 12.3 Å². The maximum absolute atomic E-state index is 5.78. The predicted molar refractivity (Wildman–Crippen MR) is 65.8 cm³/mol. The molecule has 0 aliphatic carbocycles. The number of rotatable bonds is 5. The summed E-state index contributed by atoms with van der Waals surface area (Å²) in [5.74, 6) is 6.42. The molecule has 0 radical (unpaired) electrons. The lowest BCUT2D eigenvalue weighted by Gasteiger charge is -2.14. The summed E-state index contributed by atoms with van der Waals surface area (Å²) in [7, 11) is 0. The van der Waals surface area contributed by atoms with Crippen molar-refractivity contribution in [3.63, 3.8) is 0 Å². The Kier molecular flexibility index (Phi) is 3.43. The van der Waals surface area contributed by atoms with Gasteiger partial charge in [-0.3, -0.25) is 4.40 Å². The van der Waals surface area contributed by atoms with Crippen LogP contribution in [0.15, 0.2) is 18.6 Å². The van der Waals surface area contributed by atoms with E-state index in [4.69, 9.17) is 10.6 Å². The molecule has 0 spiro atoms. The van der Waals surface area contributed by atoms with Crippen molar-refractivity contribution in [1.29, 1.82) is 0 Å². The van der Waals surface area contributed by atoms with Gasteiger partial charge >= 0.3 is 0 Å². The first-order valence-electron chi connectivity index (χ1n) is 5.71. The van der Waals surface area contributed by atoms with Gasteiger partial charge in [0.25, 0.3) is 5.88 Å². The smallest absolute Gasteiger partial charge is 0.260 e. The van der Waals surface area contributed by atoms with Gasteiger partial charge in [-0.05, 0) is 13.3 Å². The molecule has 2 aromatic rings. The molecular formula is C11H17N5O. The lowest BCUT2D eigenvalue weighted by Crippen LogP contribution is -2.15. The number of fused-ring (bicyclic) bond motifs is 1. The van der Waals surface area contributed by atoms with E-state index in [2.05, 4.69) is 22.3 Å². The molecule has 2 heterocycles. The van der Waals surface area contributed by atoms with E-state index in [-0.39, 0.29) is 6.10 Å². The van der Waals surface area contributed by atoms with Crippen LogP contribution in [-0.4, -0.2) is 20.5 Å². The highest BCUT2D eigenvalue weighted by Gasteiger charge is 2.11.